The summed E-state index contributed by atoms with van der Waals surface area (Å²) in [4.78, 5) is 12.7. The molecular formula is C17H13F4NO3. The maximum atomic E-state index is 14.0. The van der Waals surface area contributed by atoms with Gasteiger partial charge in [0.2, 0.25) is 0 Å². The molecule has 1 heterocycles. The van der Waals surface area contributed by atoms with Crippen LogP contribution in [0.15, 0.2) is 36.4 Å². The Morgan fingerprint density at radius 1 is 1.24 bits per heavy atom. The first-order valence-corrected chi connectivity index (χ1v) is 7.34. The van der Waals surface area contributed by atoms with E-state index in [9.17, 15) is 27.5 Å². The van der Waals surface area contributed by atoms with Gasteiger partial charge in [-0.2, -0.15) is 8.78 Å². The summed E-state index contributed by atoms with van der Waals surface area (Å²) < 4.78 is 59.7. The molecule has 0 unspecified atom stereocenters. The Morgan fingerprint density at radius 3 is 2.60 bits per heavy atom. The van der Waals surface area contributed by atoms with Crippen molar-refractivity contribution < 1.29 is 32.2 Å². The van der Waals surface area contributed by atoms with Crippen LogP contribution in [0, 0.1) is 11.6 Å². The Balaban J connectivity index is 2.13. The van der Waals surface area contributed by atoms with Gasteiger partial charge in [-0.05, 0) is 36.8 Å². The van der Waals surface area contributed by atoms with Crippen LogP contribution in [0.2, 0.25) is 0 Å². The zero-order chi connectivity index (χ0) is 18.4. The first kappa shape index (κ1) is 17.2. The Kier molecular flexibility index (Phi) is 4.16. The number of anilines is 1. The molecule has 0 aliphatic carbocycles. The number of benzene rings is 2. The number of hydrogen-bond acceptors (Lipinski definition) is 3. The summed E-state index contributed by atoms with van der Waals surface area (Å²) in [6.07, 6.45) is -5.67. The largest absolute Gasteiger partial charge is 0.483 e. The molecule has 0 saturated carbocycles. The minimum absolute atomic E-state index is 0.127. The summed E-state index contributed by atoms with van der Waals surface area (Å²) in [5, 5.41) is 9.69. The summed E-state index contributed by atoms with van der Waals surface area (Å²) in [7, 11) is 0. The number of aliphatic hydroxyl groups excluding tert-OH is 1. The SMILES string of the molecule is C[C@@H](O)c1c(F)ccc2c1OC(F)(F)C(=O)N2Cc1cccc(F)c1. The third-order valence-corrected chi connectivity index (χ3v) is 3.78. The van der Waals surface area contributed by atoms with Crippen LogP contribution >= 0.6 is 0 Å². The number of amides is 1. The number of aliphatic hydroxyl groups is 1. The van der Waals surface area contributed by atoms with Crippen molar-refractivity contribution in [1.29, 1.82) is 0 Å². The van der Waals surface area contributed by atoms with Crippen molar-refractivity contribution in [2.75, 3.05) is 4.90 Å². The van der Waals surface area contributed by atoms with E-state index in [0.717, 1.165) is 18.2 Å². The minimum atomic E-state index is -4.24. The van der Waals surface area contributed by atoms with Crippen molar-refractivity contribution >= 4 is 11.6 Å². The average molecular weight is 355 g/mol. The molecule has 4 nitrogen and oxygen atoms in total. The number of fused-ring (bicyclic) bond motifs is 1. The molecule has 1 aliphatic heterocycles. The van der Waals surface area contributed by atoms with Gasteiger partial charge in [0.1, 0.15) is 11.6 Å². The van der Waals surface area contributed by atoms with Crippen molar-refractivity contribution in [2.45, 2.75) is 25.7 Å². The molecule has 1 aliphatic rings. The zero-order valence-corrected chi connectivity index (χ0v) is 13.0. The highest BCUT2D eigenvalue weighted by molar-refractivity contribution is 6.01. The van der Waals surface area contributed by atoms with E-state index in [-0.39, 0.29) is 17.8 Å². The third-order valence-electron chi connectivity index (χ3n) is 3.78. The number of nitrogens with zero attached hydrogens (tertiary/aromatic N) is 1. The highest BCUT2D eigenvalue weighted by Gasteiger charge is 2.51. The van der Waals surface area contributed by atoms with Crippen LogP contribution in [-0.4, -0.2) is 17.1 Å². The number of carbonyl (C=O) groups is 1. The lowest BCUT2D eigenvalue weighted by Gasteiger charge is -2.35. The number of hydrogen-bond donors (Lipinski definition) is 1. The fraction of sp³-hybridized carbons (Fsp3) is 0.235. The zero-order valence-electron chi connectivity index (χ0n) is 13.0. The van der Waals surface area contributed by atoms with Crippen LogP contribution in [0.5, 0.6) is 5.75 Å². The number of ether oxygens (including phenoxy) is 1. The predicted octanol–water partition coefficient (Wildman–Crippen LogP) is 3.54. The van der Waals surface area contributed by atoms with E-state index >= 15 is 0 Å². The van der Waals surface area contributed by atoms with E-state index in [2.05, 4.69) is 4.74 Å². The van der Waals surface area contributed by atoms with E-state index < -0.39 is 41.1 Å². The highest BCUT2D eigenvalue weighted by Crippen LogP contribution is 2.45. The van der Waals surface area contributed by atoms with E-state index in [0.29, 0.717) is 4.90 Å². The Hall–Kier alpha value is -2.61. The van der Waals surface area contributed by atoms with Crippen molar-refractivity contribution in [3.8, 4) is 5.75 Å². The molecule has 0 spiro atoms. The fourth-order valence-electron chi connectivity index (χ4n) is 2.69. The molecule has 0 fully saturated rings. The number of rotatable bonds is 3. The first-order chi connectivity index (χ1) is 11.7. The van der Waals surface area contributed by atoms with Gasteiger partial charge in [0.25, 0.3) is 0 Å². The Morgan fingerprint density at radius 2 is 1.96 bits per heavy atom. The molecule has 2 aromatic rings. The monoisotopic (exact) mass is 355 g/mol. The summed E-state index contributed by atoms with van der Waals surface area (Å²) in [6, 6.07) is 7.15. The normalized spacial score (nSPS) is 17.0. The second-order valence-electron chi connectivity index (χ2n) is 5.63. The van der Waals surface area contributed by atoms with Gasteiger partial charge in [-0.3, -0.25) is 9.69 Å². The van der Waals surface area contributed by atoms with Gasteiger partial charge in [-0.15, -0.1) is 0 Å². The van der Waals surface area contributed by atoms with Crippen molar-refractivity contribution in [3.05, 3.63) is 59.2 Å². The van der Waals surface area contributed by atoms with E-state index in [4.69, 9.17) is 0 Å². The summed E-state index contributed by atoms with van der Waals surface area (Å²) in [5.74, 6) is -3.80. The van der Waals surface area contributed by atoms with Gasteiger partial charge in [-0.1, -0.05) is 12.1 Å². The molecule has 2 aromatic carbocycles. The first-order valence-electron chi connectivity index (χ1n) is 7.34. The lowest BCUT2D eigenvalue weighted by molar-refractivity contribution is -0.193. The lowest BCUT2D eigenvalue weighted by Crippen LogP contribution is -2.50. The second kappa shape index (κ2) is 6.03. The molecule has 132 valence electrons. The van der Waals surface area contributed by atoms with E-state index in [1.165, 1.54) is 25.1 Å². The maximum absolute atomic E-state index is 14.0. The Bertz CT molecular complexity index is 839. The minimum Gasteiger partial charge on any atom is -0.422 e. The average Bonchev–Trinajstić information content (AvgIpc) is 2.51. The molecule has 1 N–H and O–H groups in total. The highest BCUT2D eigenvalue weighted by atomic mass is 19.3. The predicted molar refractivity (Wildman–Crippen MR) is 80.2 cm³/mol. The molecule has 0 saturated heterocycles. The van der Waals surface area contributed by atoms with Gasteiger partial charge < -0.3 is 9.84 Å². The lowest BCUT2D eigenvalue weighted by atomic mass is 10.0. The van der Waals surface area contributed by atoms with Gasteiger partial charge in [0.15, 0.2) is 5.75 Å². The van der Waals surface area contributed by atoms with Crippen LogP contribution in [0.3, 0.4) is 0 Å². The van der Waals surface area contributed by atoms with Crippen molar-refractivity contribution in [3.63, 3.8) is 0 Å². The van der Waals surface area contributed by atoms with Gasteiger partial charge in [0.05, 0.1) is 23.9 Å². The van der Waals surface area contributed by atoms with E-state index in [1.807, 2.05) is 0 Å². The number of alkyl halides is 2. The molecule has 0 bridgehead atoms. The van der Waals surface area contributed by atoms with Crippen molar-refractivity contribution in [1.82, 2.24) is 0 Å². The third kappa shape index (κ3) is 3.05. The molecule has 8 heteroatoms. The van der Waals surface area contributed by atoms with Crippen molar-refractivity contribution in [2.24, 2.45) is 0 Å². The number of halogens is 4. The second-order valence-corrected chi connectivity index (χ2v) is 5.63. The molecule has 1 atom stereocenters. The topological polar surface area (TPSA) is 49.8 Å². The van der Waals surface area contributed by atoms with Gasteiger partial charge in [-0.25, -0.2) is 8.78 Å². The Labute approximate surface area is 140 Å². The molecule has 1 amide bonds. The van der Waals surface area contributed by atoms with Gasteiger partial charge in [0, 0.05) is 0 Å². The van der Waals surface area contributed by atoms with Crippen LogP contribution in [0.1, 0.15) is 24.2 Å². The standard InChI is InChI=1S/C17H13F4NO3/c1-9(23)14-12(19)5-6-13-15(14)25-17(20,21)16(24)22(13)8-10-3-2-4-11(18)7-10/h2-7,9,23H,8H2,1H3/t9-/m1/s1. The van der Waals surface area contributed by atoms with Crippen LogP contribution in [0.4, 0.5) is 23.2 Å². The summed E-state index contributed by atoms with van der Waals surface area (Å²) in [5.41, 5.74) is -0.341. The summed E-state index contributed by atoms with van der Waals surface area (Å²) in [6.45, 7) is 0.820. The fourth-order valence-corrected chi connectivity index (χ4v) is 2.69. The summed E-state index contributed by atoms with van der Waals surface area (Å²) >= 11 is 0. The molecular weight excluding hydrogens is 342 g/mol. The quantitative estimate of drug-likeness (QED) is 0.857. The maximum Gasteiger partial charge on any atom is 0.483 e. The van der Waals surface area contributed by atoms with Crippen LogP contribution in [-0.2, 0) is 11.3 Å². The van der Waals surface area contributed by atoms with Crippen LogP contribution < -0.4 is 9.64 Å². The molecule has 0 radical (unpaired) electrons. The molecule has 3 rings (SSSR count). The van der Waals surface area contributed by atoms with E-state index in [1.54, 1.807) is 0 Å². The number of carbonyl (C=O) groups excluding carboxylic acids is 1. The molecule has 0 aromatic heterocycles. The smallest absolute Gasteiger partial charge is 0.422 e. The molecule has 25 heavy (non-hydrogen) atoms. The van der Waals surface area contributed by atoms with Gasteiger partial charge >= 0.3 is 12.0 Å². The van der Waals surface area contributed by atoms with Crippen LogP contribution in [0.25, 0.3) is 0 Å².